The number of amides is 1. The summed E-state index contributed by atoms with van der Waals surface area (Å²) >= 11 is 3.45. The lowest BCUT2D eigenvalue weighted by Gasteiger charge is -2.15. The molecule has 0 aliphatic carbocycles. The first-order chi connectivity index (χ1) is 7.95. The minimum atomic E-state index is 0.0717. The van der Waals surface area contributed by atoms with Crippen LogP contribution < -0.4 is 5.32 Å². The standard InChI is InChI=1S/C14H20BrNO/c1-5-6-9(2)14(17)16-13-10(3)7-12(15)8-11(13)4/h7-9H,5-6H2,1-4H3,(H,16,17). The molecule has 94 valence electrons. The molecule has 1 unspecified atom stereocenters. The summed E-state index contributed by atoms with van der Waals surface area (Å²) in [6.07, 6.45) is 1.97. The van der Waals surface area contributed by atoms with E-state index in [0.717, 1.165) is 34.1 Å². The highest BCUT2D eigenvalue weighted by molar-refractivity contribution is 9.10. The highest BCUT2D eigenvalue weighted by Crippen LogP contribution is 2.25. The number of halogens is 1. The topological polar surface area (TPSA) is 29.1 Å². The van der Waals surface area contributed by atoms with Crippen molar-refractivity contribution in [3.8, 4) is 0 Å². The van der Waals surface area contributed by atoms with Gasteiger partial charge in [-0.3, -0.25) is 4.79 Å². The Morgan fingerprint density at radius 1 is 1.35 bits per heavy atom. The minimum absolute atomic E-state index is 0.0717. The Morgan fingerprint density at radius 2 is 1.88 bits per heavy atom. The average Bonchev–Trinajstić information content (AvgIpc) is 2.23. The van der Waals surface area contributed by atoms with Gasteiger partial charge in [0.05, 0.1) is 0 Å². The molecule has 1 atom stereocenters. The maximum atomic E-state index is 12.0. The molecule has 0 saturated carbocycles. The Labute approximate surface area is 112 Å². The van der Waals surface area contributed by atoms with Gasteiger partial charge in [0.2, 0.25) is 5.91 Å². The van der Waals surface area contributed by atoms with Crippen LogP contribution in [0.15, 0.2) is 16.6 Å². The third-order valence-electron chi connectivity index (χ3n) is 2.91. The summed E-state index contributed by atoms with van der Waals surface area (Å²) in [7, 11) is 0. The second-order valence-electron chi connectivity index (χ2n) is 4.59. The summed E-state index contributed by atoms with van der Waals surface area (Å²) in [5.74, 6) is 0.183. The van der Waals surface area contributed by atoms with Crippen LogP contribution in [-0.4, -0.2) is 5.91 Å². The predicted molar refractivity (Wildman–Crippen MR) is 76.3 cm³/mol. The number of hydrogen-bond donors (Lipinski definition) is 1. The third-order valence-corrected chi connectivity index (χ3v) is 3.37. The number of aryl methyl sites for hydroxylation is 2. The zero-order valence-corrected chi connectivity index (χ0v) is 12.5. The van der Waals surface area contributed by atoms with E-state index in [2.05, 4.69) is 28.2 Å². The number of rotatable bonds is 4. The van der Waals surface area contributed by atoms with Crippen molar-refractivity contribution in [2.75, 3.05) is 5.32 Å². The van der Waals surface area contributed by atoms with Gasteiger partial charge in [-0.25, -0.2) is 0 Å². The van der Waals surface area contributed by atoms with Gasteiger partial charge in [-0.15, -0.1) is 0 Å². The van der Waals surface area contributed by atoms with Crippen LogP contribution in [0.3, 0.4) is 0 Å². The molecular formula is C14H20BrNO. The van der Waals surface area contributed by atoms with Gasteiger partial charge in [-0.2, -0.15) is 0 Å². The summed E-state index contributed by atoms with van der Waals surface area (Å²) < 4.78 is 1.05. The van der Waals surface area contributed by atoms with E-state index in [1.54, 1.807) is 0 Å². The molecule has 0 bridgehead atoms. The van der Waals surface area contributed by atoms with Gasteiger partial charge >= 0.3 is 0 Å². The van der Waals surface area contributed by atoms with Crippen LogP contribution in [0.25, 0.3) is 0 Å². The molecule has 0 fully saturated rings. The number of carbonyl (C=O) groups is 1. The van der Waals surface area contributed by atoms with Crippen LogP contribution in [0, 0.1) is 19.8 Å². The summed E-state index contributed by atoms with van der Waals surface area (Å²) in [6, 6.07) is 4.04. The van der Waals surface area contributed by atoms with Gasteiger partial charge < -0.3 is 5.32 Å². The van der Waals surface area contributed by atoms with Crippen molar-refractivity contribution in [2.24, 2.45) is 5.92 Å². The molecule has 0 aromatic heterocycles. The fraction of sp³-hybridized carbons (Fsp3) is 0.500. The molecule has 1 N–H and O–H groups in total. The number of nitrogens with one attached hydrogen (secondary N) is 1. The van der Waals surface area contributed by atoms with E-state index in [-0.39, 0.29) is 11.8 Å². The van der Waals surface area contributed by atoms with E-state index >= 15 is 0 Å². The molecule has 0 saturated heterocycles. The van der Waals surface area contributed by atoms with Gasteiger partial charge in [-0.05, 0) is 43.5 Å². The smallest absolute Gasteiger partial charge is 0.227 e. The van der Waals surface area contributed by atoms with E-state index in [4.69, 9.17) is 0 Å². The fourth-order valence-corrected chi connectivity index (χ4v) is 2.61. The molecule has 1 aromatic carbocycles. The minimum Gasteiger partial charge on any atom is -0.325 e. The van der Waals surface area contributed by atoms with Crippen LogP contribution in [0.4, 0.5) is 5.69 Å². The Morgan fingerprint density at radius 3 is 2.35 bits per heavy atom. The molecule has 0 aliphatic heterocycles. The van der Waals surface area contributed by atoms with E-state index < -0.39 is 0 Å². The third kappa shape index (κ3) is 3.84. The SMILES string of the molecule is CCCC(C)C(=O)Nc1c(C)cc(Br)cc1C. The van der Waals surface area contributed by atoms with Crippen molar-refractivity contribution in [3.63, 3.8) is 0 Å². The Balaban J connectivity index is 2.85. The number of carbonyl (C=O) groups excluding carboxylic acids is 1. The van der Waals surface area contributed by atoms with Gasteiger partial charge in [0.1, 0.15) is 0 Å². The molecule has 17 heavy (non-hydrogen) atoms. The maximum Gasteiger partial charge on any atom is 0.227 e. The van der Waals surface area contributed by atoms with Crippen molar-refractivity contribution in [1.82, 2.24) is 0 Å². The van der Waals surface area contributed by atoms with E-state index in [0.29, 0.717) is 0 Å². The normalized spacial score (nSPS) is 12.3. The monoisotopic (exact) mass is 297 g/mol. The quantitative estimate of drug-likeness (QED) is 0.874. The molecule has 0 heterocycles. The molecule has 0 radical (unpaired) electrons. The first-order valence-electron chi connectivity index (χ1n) is 6.03. The summed E-state index contributed by atoms with van der Waals surface area (Å²) in [5.41, 5.74) is 3.13. The lowest BCUT2D eigenvalue weighted by molar-refractivity contribution is -0.119. The molecule has 2 nitrogen and oxygen atoms in total. The van der Waals surface area contributed by atoms with Gasteiger partial charge in [-0.1, -0.05) is 36.2 Å². The van der Waals surface area contributed by atoms with E-state index in [1.165, 1.54) is 0 Å². The average molecular weight is 298 g/mol. The number of hydrogen-bond acceptors (Lipinski definition) is 1. The molecular weight excluding hydrogens is 278 g/mol. The molecule has 0 spiro atoms. The lowest BCUT2D eigenvalue weighted by Crippen LogP contribution is -2.21. The van der Waals surface area contributed by atoms with Crippen molar-refractivity contribution in [2.45, 2.75) is 40.5 Å². The van der Waals surface area contributed by atoms with Crippen molar-refractivity contribution >= 4 is 27.5 Å². The lowest BCUT2D eigenvalue weighted by atomic mass is 10.0. The van der Waals surface area contributed by atoms with E-state index in [1.807, 2.05) is 32.9 Å². The molecule has 1 aromatic rings. The van der Waals surface area contributed by atoms with Crippen LogP contribution >= 0.6 is 15.9 Å². The Hall–Kier alpha value is -0.830. The predicted octanol–water partition coefficient (Wildman–Crippen LogP) is 4.44. The Bertz CT molecular complexity index is 392. The highest BCUT2D eigenvalue weighted by atomic mass is 79.9. The summed E-state index contributed by atoms with van der Waals surface area (Å²) in [6.45, 7) is 8.10. The summed E-state index contributed by atoms with van der Waals surface area (Å²) in [4.78, 5) is 12.0. The van der Waals surface area contributed by atoms with Gasteiger partial charge in [0.15, 0.2) is 0 Å². The van der Waals surface area contributed by atoms with Gasteiger partial charge in [0, 0.05) is 16.1 Å². The number of anilines is 1. The van der Waals surface area contributed by atoms with Gasteiger partial charge in [0.25, 0.3) is 0 Å². The molecule has 3 heteroatoms. The Kier molecular flexibility index (Phi) is 5.19. The van der Waals surface area contributed by atoms with Crippen LogP contribution in [0.5, 0.6) is 0 Å². The first kappa shape index (κ1) is 14.2. The van der Waals surface area contributed by atoms with Crippen LogP contribution in [-0.2, 0) is 4.79 Å². The molecule has 0 aliphatic rings. The summed E-state index contributed by atoms with van der Waals surface area (Å²) in [5, 5.41) is 3.03. The largest absolute Gasteiger partial charge is 0.325 e. The zero-order valence-electron chi connectivity index (χ0n) is 10.9. The van der Waals surface area contributed by atoms with Crippen LogP contribution in [0.1, 0.15) is 37.8 Å². The molecule has 1 amide bonds. The first-order valence-corrected chi connectivity index (χ1v) is 6.82. The van der Waals surface area contributed by atoms with Crippen molar-refractivity contribution in [3.05, 3.63) is 27.7 Å². The fourth-order valence-electron chi connectivity index (χ4n) is 1.92. The van der Waals surface area contributed by atoms with Crippen molar-refractivity contribution < 1.29 is 4.79 Å². The number of benzene rings is 1. The highest BCUT2D eigenvalue weighted by Gasteiger charge is 2.14. The molecule has 1 rings (SSSR count). The van der Waals surface area contributed by atoms with Crippen molar-refractivity contribution in [1.29, 1.82) is 0 Å². The zero-order chi connectivity index (χ0) is 13.0. The second kappa shape index (κ2) is 6.20. The maximum absolute atomic E-state index is 12.0. The van der Waals surface area contributed by atoms with Crippen LogP contribution in [0.2, 0.25) is 0 Å². The van der Waals surface area contributed by atoms with E-state index in [9.17, 15) is 4.79 Å². The second-order valence-corrected chi connectivity index (χ2v) is 5.51.